The molecule has 0 bridgehead atoms. The summed E-state index contributed by atoms with van der Waals surface area (Å²) in [6.07, 6.45) is 1.32. The van der Waals surface area contributed by atoms with E-state index in [1.54, 1.807) is 26.0 Å². The molecule has 2 aromatic carbocycles. The van der Waals surface area contributed by atoms with E-state index in [4.69, 9.17) is 14.5 Å². The van der Waals surface area contributed by atoms with Crippen molar-refractivity contribution < 1.29 is 14.3 Å². The number of aromatic nitrogens is 1. The second kappa shape index (κ2) is 12.9. The number of anilines is 1. The molecule has 0 fully saturated rings. The molecule has 3 rings (SSSR count). The first kappa shape index (κ1) is 26.3. The van der Waals surface area contributed by atoms with Crippen molar-refractivity contribution in [3.05, 3.63) is 42.5 Å². The number of hydrogen-bond donors (Lipinski definition) is 0. The van der Waals surface area contributed by atoms with Crippen LogP contribution in [0.15, 0.2) is 47.4 Å². The van der Waals surface area contributed by atoms with Gasteiger partial charge in [0.2, 0.25) is 5.91 Å². The lowest BCUT2D eigenvalue weighted by molar-refractivity contribution is -0.118. The number of ether oxygens (including phenoxy) is 2. The molecule has 0 spiro atoms. The van der Waals surface area contributed by atoms with Gasteiger partial charge in [-0.3, -0.25) is 9.69 Å². The Bertz CT molecular complexity index is 958. The Labute approximate surface area is 204 Å². The topological polar surface area (TPSA) is 54.9 Å². The highest BCUT2D eigenvalue weighted by molar-refractivity contribution is 7.99. The van der Waals surface area contributed by atoms with Crippen LogP contribution in [0.5, 0.6) is 11.5 Å². The van der Waals surface area contributed by atoms with Gasteiger partial charge in [-0.1, -0.05) is 29.5 Å². The number of rotatable bonds is 11. The van der Waals surface area contributed by atoms with Crippen molar-refractivity contribution in [2.45, 2.75) is 17.7 Å². The van der Waals surface area contributed by atoms with E-state index in [-0.39, 0.29) is 18.3 Å². The van der Waals surface area contributed by atoms with Crippen molar-refractivity contribution in [3.8, 4) is 11.5 Å². The van der Waals surface area contributed by atoms with Gasteiger partial charge in [0.1, 0.15) is 21.7 Å². The Morgan fingerprint density at radius 3 is 2.38 bits per heavy atom. The number of methoxy groups -OCH3 is 2. The van der Waals surface area contributed by atoms with E-state index >= 15 is 0 Å². The first-order valence-corrected chi connectivity index (χ1v) is 12.0. The number of benzene rings is 2. The Morgan fingerprint density at radius 1 is 1.03 bits per heavy atom. The highest BCUT2D eigenvalue weighted by Crippen LogP contribution is 2.40. The van der Waals surface area contributed by atoms with Gasteiger partial charge in [-0.25, -0.2) is 4.98 Å². The van der Waals surface area contributed by atoms with E-state index in [1.165, 1.54) is 16.2 Å². The lowest BCUT2D eigenvalue weighted by atomic mass is 10.3. The average molecular weight is 496 g/mol. The standard InChI is InChI=1S/C23H29N3O3S2.ClH/c1-25(2)14-8-15-26(20(27)13-16-30-17-9-6-5-7-10-17)23-24-21-18(28-3)11-12-19(29-4)22(21)31-23;/h5-7,9-12H,8,13-16H2,1-4H3;1H. The number of thiazole rings is 1. The molecule has 0 aliphatic heterocycles. The van der Waals surface area contributed by atoms with Crippen LogP contribution in [-0.2, 0) is 4.79 Å². The van der Waals surface area contributed by atoms with Gasteiger partial charge in [-0.15, -0.1) is 24.2 Å². The summed E-state index contributed by atoms with van der Waals surface area (Å²) in [5, 5.41) is 0.686. The molecule has 1 aromatic heterocycles. The Hall–Kier alpha value is -2.00. The number of halogens is 1. The van der Waals surface area contributed by atoms with Crippen molar-refractivity contribution in [1.82, 2.24) is 9.88 Å². The molecule has 0 unspecified atom stereocenters. The predicted octanol–water partition coefficient (Wildman–Crippen LogP) is 5.20. The number of nitrogens with zero attached hydrogens (tertiary/aromatic N) is 3. The van der Waals surface area contributed by atoms with Crippen LogP contribution in [0.25, 0.3) is 10.2 Å². The summed E-state index contributed by atoms with van der Waals surface area (Å²) < 4.78 is 11.9. The van der Waals surface area contributed by atoms with Crippen LogP contribution in [0.1, 0.15) is 12.8 Å². The number of carbonyl (C=O) groups excluding carboxylic acids is 1. The van der Waals surface area contributed by atoms with Crippen molar-refractivity contribution in [3.63, 3.8) is 0 Å². The van der Waals surface area contributed by atoms with Crippen LogP contribution in [-0.4, -0.2) is 62.9 Å². The minimum atomic E-state index is 0. The molecule has 174 valence electrons. The Kier molecular flexibility index (Phi) is 10.6. The van der Waals surface area contributed by atoms with E-state index < -0.39 is 0 Å². The van der Waals surface area contributed by atoms with Crippen molar-refractivity contribution in [2.24, 2.45) is 0 Å². The van der Waals surface area contributed by atoms with Gasteiger partial charge in [-0.2, -0.15) is 0 Å². The molecule has 9 heteroatoms. The fourth-order valence-corrected chi connectivity index (χ4v) is 5.15. The molecule has 0 radical (unpaired) electrons. The summed E-state index contributed by atoms with van der Waals surface area (Å²) in [7, 11) is 7.34. The van der Waals surface area contributed by atoms with Gasteiger partial charge in [0.15, 0.2) is 5.13 Å². The molecule has 0 N–H and O–H groups in total. The summed E-state index contributed by atoms with van der Waals surface area (Å²) in [5.41, 5.74) is 0.728. The minimum absolute atomic E-state index is 0. The van der Waals surface area contributed by atoms with E-state index in [0.717, 1.165) is 34.7 Å². The number of amides is 1. The highest BCUT2D eigenvalue weighted by atomic mass is 35.5. The van der Waals surface area contributed by atoms with E-state index in [2.05, 4.69) is 17.0 Å². The number of hydrogen-bond acceptors (Lipinski definition) is 7. The van der Waals surface area contributed by atoms with Gasteiger partial charge in [0.05, 0.1) is 14.2 Å². The molecule has 1 amide bonds. The van der Waals surface area contributed by atoms with Gasteiger partial charge in [-0.05, 0) is 51.3 Å². The monoisotopic (exact) mass is 495 g/mol. The molecule has 32 heavy (non-hydrogen) atoms. The number of fused-ring (bicyclic) bond motifs is 1. The highest BCUT2D eigenvalue weighted by Gasteiger charge is 2.22. The predicted molar refractivity (Wildman–Crippen MR) is 137 cm³/mol. The van der Waals surface area contributed by atoms with Crippen LogP contribution in [0, 0.1) is 0 Å². The molecule has 0 atom stereocenters. The summed E-state index contributed by atoms with van der Waals surface area (Å²) in [5.74, 6) is 2.22. The lowest BCUT2D eigenvalue weighted by Gasteiger charge is -2.21. The van der Waals surface area contributed by atoms with E-state index in [1.807, 2.05) is 49.3 Å². The van der Waals surface area contributed by atoms with Crippen LogP contribution >= 0.6 is 35.5 Å². The largest absolute Gasteiger partial charge is 0.495 e. The maximum absolute atomic E-state index is 13.2. The van der Waals surface area contributed by atoms with Gasteiger partial charge < -0.3 is 14.4 Å². The van der Waals surface area contributed by atoms with E-state index in [9.17, 15) is 4.79 Å². The normalized spacial score (nSPS) is 10.8. The Morgan fingerprint density at radius 2 is 1.72 bits per heavy atom. The lowest BCUT2D eigenvalue weighted by Crippen LogP contribution is -2.33. The zero-order chi connectivity index (χ0) is 22.2. The van der Waals surface area contributed by atoms with Crippen molar-refractivity contribution >= 4 is 56.8 Å². The maximum Gasteiger partial charge on any atom is 0.229 e. The minimum Gasteiger partial charge on any atom is -0.495 e. The Balaban J connectivity index is 0.00000363. The average Bonchev–Trinajstić information content (AvgIpc) is 3.21. The molecular weight excluding hydrogens is 466 g/mol. The van der Waals surface area contributed by atoms with Crippen molar-refractivity contribution in [1.29, 1.82) is 0 Å². The molecule has 0 aliphatic rings. The van der Waals surface area contributed by atoms with Gasteiger partial charge in [0, 0.05) is 23.6 Å². The SMILES string of the molecule is COc1ccc(OC)c2sc(N(CCCN(C)C)C(=O)CCSc3ccccc3)nc12.Cl. The third-order valence-corrected chi connectivity index (χ3v) is 6.85. The first-order chi connectivity index (χ1) is 15.0. The van der Waals surface area contributed by atoms with Gasteiger partial charge >= 0.3 is 0 Å². The fourth-order valence-electron chi connectivity index (χ4n) is 3.17. The second-order valence-corrected chi connectivity index (χ2v) is 9.40. The smallest absolute Gasteiger partial charge is 0.229 e. The van der Waals surface area contributed by atoms with Crippen LogP contribution in [0.4, 0.5) is 5.13 Å². The summed E-state index contributed by atoms with van der Waals surface area (Å²) in [6, 6.07) is 13.9. The number of carbonyl (C=O) groups is 1. The quantitative estimate of drug-likeness (QED) is 0.341. The van der Waals surface area contributed by atoms with Gasteiger partial charge in [0.25, 0.3) is 0 Å². The van der Waals surface area contributed by atoms with Crippen LogP contribution < -0.4 is 14.4 Å². The zero-order valence-corrected chi connectivity index (χ0v) is 21.3. The molecule has 6 nitrogen and oxygen atoms in total. The van der Waals surface area contributed by atoms with E-state index in [0.29, 0.717) is 23.8 Å². The summed E-state index contributed by atoms with van der Waals surface area (Å²) in [6.45, 7) is 1.53. The second-order valence-electron chi connectivity index (χ2n) is 7.26. The molecule has 0 aliphatic carbocycles. The van der Waals surface area contributed by atoms with Crippen LogP contribution in [0.2, 0.25) is 0 Å². The molecule has 0 saturated carbocycles. The first-order valence-electron chi connectivity index (χ1n) is 10.2. The molecule has 0 saturated heterocycles. The van der Waals surface area contributed by atoms with Crippen molar-refractivity contribution in [2.75, 3.05) is 52.1 Å². The number of thioether (sulfide) groups is 1. The summed E-state index contributed by atoms with van der Waals surface area (Å²) >= 11 is 3.17. The zero-order valence-electron chi connectivity index (χ0n) is 18.9. The third kappa shape index (κ3) is 6.75. The van der Waals surface area contributed by atoms with Crippen LogP contribution in [0.3, 0.4) is 0 Å². The molecular formula is C23H30ClN3O3S2. The summed E-state index contributed by atoms with van der Waals surface area (Å²) in [4.78, 5) is 23.1. The fraction of sp³-hybridized carbons (Fsp3) is 0.391. The molecule has 1 heterocycles. The third-order valence-electron chi connectivity index (χ3n) is 4.75. The molecule has 3 aromatic rings. The maximum atomic E-state index is 13.2.